The van der Waals surface area contributed by atoms with Crippen molar-refractivity contribution in [3.8, 4) is 0 Å². The minimum atomic E-state index is -0.306. The van der Waals surface area contributed by atoms with E-state index >= 15 is 0 Å². The number of carbonyl (C=O) groups is 4. The molecule has 0 bridgehead atoms. The van der Waals surface area contributed by atoms with Crippen LogP contribution in [0.5, 0.6) is 0 Å². The standard InChI is InChI=1S/C58H72N18O4/c77-51-29-27-42(59-51)28-30-52(73-47-20-7-3-16-43(47)60-64-73)70(53(33-41-69-35-13-24-56(69)78)74-48-21-8-4-17-44(48)61-65-74)36-12-2-1-11-34-68(39-31-54(71-37-14-25-57(71)79)75-49-22-9-5-18-45(49)62-66-75)40-32-55(72-38-15-26-58(72)80)76-50-23-10-6-19-46(50)63-67-76/h3-10,16-23,42,52-55H,1-2,11-15,24-41H2,(H,59,77). The Bertz CT molecular complexity index is 3330. The topological polar surface area (TPSA) is 219 Å². The molecule has 22 nitrogen and oxygen atoms in total. The van der Waals surface area contributed by atoms with E-state index in [4.69, 9.17) is 10.4 Å². The van der Waals surface area contributed by atoms with Gasteiger partial charge in [0.1, 0.15) is 46.7 Å². The number of hydrogen-bond acceptors (Lipinski definition) is 14. The molecule has 8 heterocycles. The van der Waals surface area contributed by atoms with Crippen LogP contribution in [-0.4, -0.2) is 167 Å². The molecule has 0 saturated carbocycles. The van der Waals surface area contributed by atoms with E-state index in [1.54, 1.807) is 0 Å². The Morgan fingerprint density at radius 2 is 0.925 bits per heavy atom. The molecular weight excluding hydrogens is 1010 g/mol. The van der Waals surface area contributed by atoms with Crippen LogP contribution in [0.25, 0.3) is 44.1 Å². The number of para-hydroxylation sites is 4. The average molecular weight is 1090 g/mol. The summed E-state index contributed by atoms with van der Waals surface area (Å²) in [7, 11) is 0. The van der Waals surface area contributed by atoms with E-state index in [1.807, 2.05) is 114 Å². The number of unbranched alkanes of at least 4 members (excludes halogenated alkanes) is 3. The first-order valence-corrected chi connectivity index (χ1v) is 29.2. The average Bonchev–Trinajstić information content (AvgIpc) is 4.37. The zero-order chi connectivity index (χ0) is 54.4. The van der Waals surface area contributed by atoms with Crippen LogP contribution in [0.3, 0.4) is 0 Å². The lowest BCUT2D eigenvalue weighted by Crippen LogP contribution is -2.42. The Labute approximate surface area is 464 Å². The van der Waals surface area contributed by atoms with Gasteiger partial charge < -0.3 is 24.9 Å². The molecule has 5 unspecified atom stereocenters. The second-order valence-electron chi connectivity index (χ2n) is 22.1. The van der Waals surface area contributed by atoms with Gasteiger partial charge in [-0.3, -0.25) is 24.1 Å². The Morgan fingerprint density at radius 1 is 0.475 bits per heavy atom. The maximum absolute atomic E-state index is 13.5. The smallest absolute Gasteiger partial charge is 0.224 e. The molecule has 4 amide bonds. The fourth-order valence-corrected chi connectivity index (χ4v) is 12.9. The van der Waals surface area contributed by atoms with Crippen molar-refractivity contribution >= 4 is 67.8 Å². The van der Waals surface area contributed by atoms with E-state index in [-0.39, 0.29) is 54.3 Å². The fraction of sp³-hybridized carbons (Fsp3) is 0.517. The van der Waals surface area contributed by atoms with Crippen molar-refractivity contribution in [3.05, 3.63) is 97.1 Å². The number of likely N-dealkylation sites (tertiary alicyclic amines) is 3. The van der Waals surface area contributed by atoms with E-state index in [0.717, 1.165) is 115 Å². The van der Waals surface area contributed by atoms with Gasteiger partial charge in [0.05, 0.1) is 22.1 Å². The minimum Gasteiger partial charge on any atom is -0.353 e. The zero-order valence-electron chi connectivity index (χ0n) is 45.5. The van der Waals surface area contributed by atoms with E-state index in [2.05, 4.69) is 62.8 Å². The molecule has 0 radical (unpaired) electrons. The summed E-state index contributed by atoms with van der Waals surface area (Å²) in [4.78, 5) is 63.8. The van der Waals surface area contributed by atoms with Crippen LogP contribution in [-0.2, 0) is 19.2 Å². The highest BCUT2D eigenvalue weighted by Crippen LogP contribution is 2.35. The maximum atomic E-state index is 13.5. The van der Waals surface area contributed by atoms with Gasteiger partial charge in [-0.2, -0.15) is 0 Å². The summed E-state index contributed by atoms with van der Waals surface area (Å²) in [5.41, 5.74) is 6.85. The van der Waals surface area contributed by atoms with Gasteiger partial charge in [-0.1, -0.05) is 82.2 Å². The quantitative estimate of drug-likeness (QED) is 0.0512. The Hall–Kier alpha value is -7.72. The Balaban J connectivity index is 0.814. The van der Waals surface area contributed by atoms with Gasteiger partial charge >= 0.3 is 0 Å². The van der Waals surface area contributed by atoms with Crippen LogP contribution in [0.1, 0.15) is 134 Å². The number of benzene rings is 4. The molecule has 4 saturated heterocycles. The van der Waals surface area contributed by atoms with E-state index in [9.17, 15) is 19.2 Å². The Kier molecular flexibility index (Phi) is 16.1. The lowest BCUT2D eigenvalue weighted by Gasteiger charge is -2.39. The van der Waals surface area contributed by atoms with Crippen LogP contribution in [0.4, 0.5) is 0 Å². The predicted octanol–water partition coefficient (Wildman–Crippen LogP) is 7.02. The minimum absolute atomic E-state index is 0.0563. The van der Waals surface area contributed by atoms with Crippen molar-refractivity contribution in [2.24, 2.45) is 0 Å². The van der Waals surface area contributed by atoms with Gasteiger partial charge in [0.2, 0.25) is 23.6 Å². The van der Waals surface area contributed by atoms with Crippen molar-refractivity contribution in [1.29, 1.82) is 0 Å². The number of amides is 4. The highest BCUT2D eigenvalue weighted by Gasteiger charge is 2.36. The van der Waals surface area contributed by atoms with Crippen LogP contribution in [0.15, 0.2) is 97.1 Å². The number of nitrogens with one attached hydrogen (secondary N) is 1. The summed E-state index contributed by atoms with van der Waals surface area (Å²) >= 11 is 0. The fourth-order valence-electron chi connectivity index (χ4n) is 12.9. The molecule has 4 fully saturated rings. The predicted molar refractivity (Wildman–Crippen MR) is 300 cm³/mol. The summed E-state index contributed by atoms with van der Waals surface area (Å²) in [5, 5.41) is 40.6. The molecule has 4 aromatic carbocycles. The lowest BCUT2D eigenvalue weighted by atomic mass is 10.1. The second-order valence-corrected chi connectivity index (χ2v) is 22.1. The Morgan fingerprint density at radius 3 is 1.39 bits per heavy atom. The third-order valence-electron chi connectivity index (χ3n) is 17.1. The highest BCUT2D eigenvalue weighted by molar-refractivity contribution is 5.81. The molecule has 1 N–H and O–H groups in total. The highest BCUT2D eigenvalue weighted by atomic mass is 16.2. The van der Waals surface area contributed by atoms with Gasteiger partial charge in [-0.05, 0) is 106 Å². The summed E-state index contributed by atoms with van der Waals surface area (Å²) in [5.74, 6) is 0.539. The maximum Gasteiger partial charge on any atom is 0.224 e. The summed E-state index contributed by atoms with van der Waals surface area (Å²) in [6.07, 6.45) is 11.3. The molecule has 5 atom stereocenters. The first-order valence-electron chi connectivity index (χ1n) is 29.2. The first-order chi connectivity index (χ1) is 39.3. The lowest BCUT2D eigenvalue weighted by molar-refractivity contribution is -0.132. The van der Waals surface area contributed by atoms with Crippen LogP contribution >= 0.6 is 0 Å². The zero-order valence-corrected chi connectivity index (χ0v) is 45.5. The van der Waals surface area contributed by atoms with Gasteiger partial charge in [0, 0.05) is 96.8 Å². The summed E-state index contributed by atoms with van der Waals surface area (Å²) in [6.45, 7) is 5.54. The number of fused-ring (bicyclic) bond motifs is 4. The molecule has 4 aliphatic rings. The third kappa shape index (κ3) is 11.4. The molecular formula is C58H72N18O4. The molecule has 4 aromatic heterocycles. The number of nitrogens with zero attached hydrogens (tertiary/aromatic N) is 17. The van der Waals surface area contributed by atoms with Crippen molar-refractivity contribution < 1.29 is 19.2 Å². The molecule has 418 valence electrons. The van der Waals surface area contributed by atoms with Crippen LogP contribution < -0.4 is 5.32 Å². The monoisotopic (exact) mass is 1080 g/mol. The normalized spacial score (nSPS) is 18.7. The molecule has 22 heteroatoms. The van der Waals surface area contributed by atoms with Crippen LogP contribution in [0, 0.1) is 0 Å². The van der Waals surface area contributed by atoms with E-state index in [1.165, 1.54) is 0 Å². The van der Waals surface area contributed by atoms with E-state index < -0.39 is 0 Å². The van der Waals surface area contributed by atoms with Crippen molar-refractivity contribution in [2.75, 3.05) is 52.4 Å². The second kappa shape index (κ2) is 24.3. The van der Waals surface area contributed by atoms with Crippen molar-refractivity contribution in [2.45, 2.75) is 140 Å². The number of carbonyl (C=O) groups excluding carboxylic acids is 4. The molecule has 4 aliphatic heterocycles. The molecule has 0 aliphatic carbocycles. The van der Waals surface area contributed by atoms with Crippen molar-refractivity contribution in [3.63, 3.8) is 0 Å². The van der Waals surface area contributed by atoms with E-state index in [0.29, 0.717) is 90.6 Å². The molecule has 12 rings (SSSR count). The number of rotatable bonds is 27. The molecule has 80 heavy (non-hydrogen) atoms. The summed E-state index contributed by atoms with van der Waals surface area (Å²) in [6, 6.07) is 32.1. The van der Waals surface area contributed by atoms with Gasteiger partial charge in [-0.15, -0.1) is 20.4 Å². The largest absolute Gasteiger partial charge is 0.353 e. The summed E-state index contributed by atoms with van der Waals surface area (Å²) < 4.78 is 7.99. The SMILES string of the molecule is O=C1CCC(CCC(N(CCCCCCN(CCC(N2CCCC2=O)n2nnc3ccccc32)CCC(N2CCCC2=O)n2nnc3ccccc32)C(CCN2CCCC2=O)n2nnc3ccccc32)n2nnc3ccccc32)N1. The first kappa shape index (κ1) is 53.0. The molecule has 8 aromatic rings. The van der Waals surface area contributed by atoms with Gasteiger partial charge in [0.15, 0.2) is 0 Å². The van der Waals surface area contributed by atoms with Crippen molar-refractivity contribution in [1.82, 2.24) is 89.8 Å². The number of aromatic nitrogens is 12. The van der Waals surface area contributed by atoms with Gasteiger partial charge in [-0.25, -0.2) is 18.7 Å². The molecule has 0 spiro atoms. The van der Waals surface area contributed by atoms with Gasteiger partial charge in [0.25, 0.3) is 0 Å². The third-order valence-corrected chi connectivity index (χ3v) is 17.1. The number of hydrogen-bond donors (Lipinski definition) is 1. The van der Waals surface area contributed by atoms with Crippen LogP contribution in [0.2, 0.25) is 0 Å².